The summed E-state index contributed by atoms with van der Waals surface area (Å²) < 4.78 is 0. The van der Waals surface area contributed by atoms with Gasteiger partial charge in [-0.1, -0.05) is 44.9 Å². The van der Waals surface area contributed by atoms with Crippen molar-refractivity contribution >= 4 is 11.6 Å². The number of fused-ring (bicyclic) bond motifs is 1. The van der Waals surface area contributed by atoms with E-state index in [0.29, 0.717) is 6.42 Å². The summed E-state index contributed by atoms with van der Waals surface area (Å²) in [6.07, 6.45) is 6.29. The molecule has 5 heteroatoms. The maximum absolute atomic E-state index is 13.0. The number of rotatable bonds is 6. The van der Waals surface area contributed by atoms with Crippen LogP contribution in [0.4, 0.5) is 5.69 Å². The molecule has 5 nitrogen and oxygen atoms in total. The van der Waals surface area contributed by atoms with Crippen molar-refractivity contribution in [1.82, 2.24) is 9.97 Å². The Morgan fingerprint density at radius 3 is 2.92 bits per heavy atom. The summed E-state index contributed by atoms with van der Waals surface area (Å²) >= 11 is 0. The van der Waals surface area contributed by atoms with E-state index in [1.807, 2.05) is 36.2 Å². The molecule has 0 bridgehead atoms. The molecule has 2 unspecified atom stereocenters. The number of anilines is 1. The van der Waals surface area contributed by atoms with E-state index in [2.05, 4.69) is 23.0 Å². The van der Waals surface area contributed by atoms with E-state index in [-0.39, 0.29) is 11.9 Å². The Morgan fingerprint density at radius 1 is 1.38 bits per heavy atom. The minimum absolute atomic E-state index is 0.0137. The molecule has 3 rings (SSSR count). The number of aromatic amines is 1. The summed E-state index contributed by atoms with van der Waals surface area (Å²) in [5.74, 6) is 0.840. The number of aromatic nitrogens is 2. The molecule has 2 atom stereocenters. The van der Waals surface area contributed by atoms with E-state index >= 15 is 0 Å². The van der Waals surface area contributed by atoms with Gasteiger partial charge in [-0.25, -0.2) is 4.98 Å². The number of amides is 1. The lowest BCUT2D eigenvalue weighted by molar-refractivity contribution is -0.120. The number of benzene rings is 1. The molecule has 1 aliphatic rings. The first-order valence-electron chi connectivity index (χ1n) is 8.86. The maximum Gasteiger partial charge on any atom is 0.244 e. The Labute approximate surface area is 143 Å². The molecule has 128 valence electrons. The summed E-state index contributed by atoms with van der Waals surface area (Å²) in [5, 5.41) is 0. The molecule has 0 aliphatic carbocycles. The number of nitrogens with one attached hydrogen (secondary N) is 1. The zero-order valence-corrected chi connectivity index (χ0v) is 14.5. The Balaban J connectivity index is 1.94. The van der Waals surface area contributed by atoms with Gasteiger partial charge >= 0.3 is 0 Å². The molecule has 24 heavy (non-hydrogen) atoms. The van der Waals surface area contributed by atoms with Crippen molar-refractivity contribution in [3.8, 4) is 0 Å². The molecule has 0 spiro atoms. The normalized spacial score (nSPS) is 17.8. The zero-order valence-electron chi connectivity index (χ0n) is 14.5. The van der Waals surface area contributed by atoms with Gasteiger partial charge in [0, 0.05) is 24.0 Å². The van der Waals surface area contributed by atoms with Gasteiger partial charge in [-0.3, -0.25) is 9.69 Å². The van der Waals surface area contributed by atoms with E-state index in [0.717, 1.165) is 42.9 Å². The van der Waals surface area contributed by atoms with Gasteiger partial charge in [0.1, 0.15) is 5.82 Å². The molecule has 0 saturated carbocycles. The van der Waals surface area contributed by atoms with E-state index < -0.39 is 6.04 Å². The zero-order chi connectivity index (χ0) is 17.1. The minimum Gasteiger partial charge on any atom is -0.344 e. The number of nitrogens with zero attached hydrogens (tertiary/aromatic N) is 2. The first-order valence-corrected chi connectivity index (χ1v) is 8.86. The number of nitrogens with two attached hydrogens (primary N) is 1. The third-order valence-corrected chi connectivity index (χ3v) is 4.61. The molecule has 2 aromatic rings. The Bertz CT molecular complexity index is 709. The van der Waals surface area contributed by atoms with Crippen molar-refractivity contribution in [1.29, 1.82) is 0 Å². The van der Waals surface area contributed by atoms with Crippen LogP contribution in [0.3, 0.4) is 0 Å². The number of imidazole rings is 1. The number of aryl methyl sites for hydroxylation is 1. The fourth-order valence-electron chi connectivity index (χ4n) is 3.43. The maximum atomic E-state index is 13.0. The predicted molar refractivity (Wildman–Crippen MR) is 95.8 cm³/mol. The fourth-order valence-corrected chi connectivity index (χ4v) is 3.43. The van der Waals surface area contributed by atoms with Gasteiger partial charge in [0.25, 0.3) is 0 Å². The highest BCUT2D eigenvalue weighted by Crippen LogP contribution is 2.39. The SMILES string of the molecule is CCCc1cnc(C2Cc3ccccc3N2C(=O)C(N)CCC)[nH]1. The number of carbonyl (C=O) groups excluding carboxylic acids is 1. The highest BCUT2D eigenvalue weighted by molar-refractivity contribution is 5.99. The van der Waals surface area contributed by atoms with Crippen LogP contribution in [0.15, 0.2) is 30.5 Å². The summed E-state index contributed by atoms with van der Waals surface area (Å²) in [4.78, 5) is 22.8. The number of carbonyl (C=O) groups is 1. The lowest BCUT2D eigenvalue weighted by Gasteiger charge is -2.27. The molecule has 1 aliphatic heterocycles. The van der Waals surface area contributed by atoms with Crippen LogP contribution in [0.25, 0.3) is 0 Å². The largest absolute Gasteiger partial charge is 0.344 e. The Hall–Kier alpha value is -2.14. The summed E-state index contributed by atoms with van der Waals surface area (Å²) in [5.41, 5.74) is 9.39. The smallest absolute Gasteiger partial charge is 0.244 e. The summed E-state index contributed by atoms with van der Waals surface area (Å²) in [7, 11) is 0. The van der Waals surface area contributed by atoms with Crippen LogP contribution in [-0.4, -0.2) is 21.9 Å². The van der Waals surface area contributed by atoms with Gasteiger partial charge in [-0.2, -0.15) is 0 Å². The number of hydrogen-bond donors (Lipinski definition) is 2. The van der Waals surface area contributed by atoms with E-state index in [1.54, 1.807) is 0 Å². The first kappa shape index (κ1) is 16.7. The summed E-state index contributed by atoms with van der Waals surface area (Å²) in [6.45, 7) is 4.19. The molecule has 1 aromatic carbocycles. The van der Waals surface area contributed by atoms with Crippen LogP contribution in [0.1, 0.15) is 56.2 Å². The monoisotopic (exact) mass is 326 g/mol. The first-order chi connectivity index (χ1) is 11.7. The fraction of sp³-hybridized carbons (Fsp3) is 0.474. The van der Waals surface area contributed by atoms with Crippen LogP contribution >= 0.6 is 0 Å². The third-order valence-electron chi connectivity index (χ3n) is 4.61. The number of H-pyrrole nitrogens is 1. The third kappa shape index (κ3) is 3.08. The minimum atomic E-state index is -0.464. The molecule has 0 fully saturated rings. The van der Waals surface area contributed by atoms with Gasteiger partial charge in [0.05, 0.1) is 12.1 Å². The van der Waals surface area contributed by atoms with Gasteiger partial charge in [-0.15, -0.1) is 0 Å². The lowest BCUT2D eigenvalue weighted by atomic mass is 10.1. The van der Waals surface area contributed by atoms with Crippen molar-refractivity contribution in [3.63, 3.8) is 0 Å². The number of para-hydroxylation sites is 1. The second-order valence-corrected chi connectivity index (χ2v) is 6.50. The molecule has 1 aromatic heterocycles. The molecule has 3 N–H and O–H groups in total. The molecular formula is C19H26N4O. The second-order valence-electron chi connectivity index (χ2n) is 6.50. The van der Waals surface area contributed by atoms with Crippen molar-refractivity contribution in [2.75, 3.05) is 4.90 Å². The Morgan fingerprint density at radius 2 is 2.17 bits per heavy atom. The number of hydrogen-bond acceptors (Lipinski definition) is 3. The second kappa shape index (κ2) is 7.18. The van der Waals surface area contributed by atoms with Gasteiger partial charge in [0.15, 0.2) is 0 Å². The van der Waals surface area contributed by atoms with E-state index in [4.69, 9.17) is 5.73 Å². The van der Waals surface area contributed by atoms with Crippen LogP contribution in [0.5, 0.6) is 0 Å². The average molecular weight is 326 g/mol. The molecule has 2 heterocycles. The van der Waals surface area contributed by atoms with Gasteiger partial charge in [0.2, 0.25) is 5.91 Å². The summed E-state index contributed by atoms with van der Waals surface area (Å²) in [6, 6.07) is 7.51. The highest BCUT2D eigenvalue weighted by Gasteiger charge is 2.37. The van der Waals surface area contributed by atoms with Gasteiger partial charge < -0.3 is 10.7 Å². The van der Waals surface area contributed by atoms with E-state index in [1.165, 1.54) is 5.56 Å². The van der Waals surface area contributed by atoms with Gasteiger partial charge in [-0.05, 0) is 24.5 Å². The topological polar surface area (TPSA) is 75.0 Å². The molecule has 0 radical (unpaired) electrons. The predicted octanol–water partition coefficient (Wildman–Crippen LogP) is 3.12. The average Bonchev–Trinajstić information content (AvgIpc) is 3.18. The van der Waals surface area contributed by atoms with Crippen molar-refractivity contribution in [2.24, 2.45) is 5.73 Å². The van der Waals surface area contributed by atoms with Crippen molar-refractivity contribution < 1.29 is 4.79 Å². The molecule has 0 saturated heterocycles. The molecular weight excluding hydrogens is 300 g/mol. The Kier molecular flexibility index (Phi) is 5.00. The lowest BCUT2D eigenvalue weighted by Crippen LogP contribution is -2.44. The van der Waals surface area contributed by atoms with Crippen LogP contribution < -0.4 is 10.6 Å². The van der Waals surface area contributed by atoms with E-state index in [9.17, 15) is 4.79 Å². The quantitative estimate of drug-likeness (QED) is 0.856. The highest BCUT2D eigenvalue weighted by atomic mass is 16.2. The van der Waals surface area contributed by atoms with Crippen molar-refractivity contribution in [3.05, 3.63) is 47.5 Å². The van der Waals surface area contributed by atoms with Crippen LogP contribution in [0, 0.1) is 0 Å². The van der Waals surface area contributed by atoms with Crippen molar-refractivity contribution in [2.45, 2.75) is 58.0 Å². The standard InChI is InChI=1S/C19H26N4O/c1-3-7-14-12-21-18(22-14)17-11-13-9-5-6-10-16(13)23(17)19(24)15(20)8-4-2/h5-6,9-10,12,15,17H,3-4,7-8,11,20H2,1-2H3,(H,21,22). The van der Waals surface area contributed by atoms with Crippen LogP contribution in [0.2, 0.25) is 0 Å². The van der Waals surface area contributed by atoms with Crippen LogP contribution in [-0.2, 0) is 17.6 Å². The molecule has 1 amide bonds.